The van der Waals surface area contributed by atoms with Crippen LogP contribution in [0.15, 0.2) is 0 Å². The Morgan fingerprint density at radius 2 is 1.90 bits per heavy atom. The van der Waals surface area contributed by atoms with Crippen molar-refractivity contribution < 1.29 is 18.0 Å². The molecule has 0 bridgehead atoms. The molecule has 0 spiro atoms. The van der Waals surface area contributed by atoms with Gasteiger partial charge >= 0.3 is 6.18 Å². The average molecular weight is 416 g/mol. The van der Waals surface area contributed by atoms with Crippen molar-refractivity contribution in [3.63, 3.8) is 0 Å². The SMILES string of the molecule is CC(CC1NCNC1C)C1CCCC(N2CC3C(CCCC3C(F)(F)F)C2=O)C1. The molecule has 7 heteroatoms. The third-order valence-electron chi connectivity index (χ3n) is 8.44. The van der Waals surface area contributed by atoms with Gasteiger partial charge in [-0.05, 0) is 56.8 Å². The second-order valence-electron chi connectivity index (χ2n) is 10.1. The molecule has 2 saturated carbocycles. The van der Waals surface area contributed by atoms with Crippen LogP contribution in [0.3, 0.4) is 0 Å². The van der Waals surface area contributed by atoms with Crippen LogP contribution in [-0.4, -0.2) is 48.3 Å². The van der Waals surface area contributed by atoms with Gasteiger partial charge in [-0.3, -0.25) is 4.79 Å². The van der Waals surface area contributed by atoms with Crippen molar-refractivity contribution in [2.75, 3.05) is 13.2 Å². The Balaban J connectivity index is 1.40. The number of carbonyl (C=O) groups is 1. The first-order chi connectivity index (χ1) is 13.8. The Bertz CT molecular complexity index is 598. The Kier molecular flexibility index (Phi) is 6.18. The van der Waals surface area contributed by atoms with Crippen LogP contribution >= 0.6 is 0 Å². The van der Waals surface area contributed by atoms with E-state index in [1.165, 1.54) is 6.42 Å². The van der Waals surface area contributed by atoms with E-state index in [4.69, 9.17) is 0 Å². The molecule has 0 radical (unpaired) electrons. The average Bonchev–Trinajstić information content (AvgIpc) is 3.24. The van der Waals surface area contributed by atoms with Gasteiger partial charge in [0.05, 0.1) is 5.92 Å². The number of fused-ring (bicyclic) bond motifs is 1. The zero-order valence-electron chi connectivity index (χ0n) is 17.7. The van der Waals surface area contributed by atoms with Gasteiger partial charge < -0.3 is 15.5 Å². The van der Waals surface area contributed by atoms with Crippen LogP contribution in [0.4, 0.5) is 13.2 Å². The molecule has 0 aromatic heterocycles. The summed E-state index contributed by atoms with van der Waals surface area (Å²) in [6, 6.07) is 1.09. The molecule has 2 heterocycles. The van der Waals surface area contributed by atoms with Crippen LogP contribution in [0.2, 0.25) is 0 Å². The number of hydrogen-bond acceptors (Lipinski definition) is 3. The number of rotatable bonds is 4. The van der Waals surface area contributed by atoms with Crippen molar-refractivity contribution in [2.45, 2.75) is 89.5 Å². The van der Waals surface area contributed by atoms with Gasteiger partial charge in [0.2, 0.25) is 5.91 Å². The number of carbonyl (C=O) groups excluding carboxylic acids is 1. The smallest absolute Gasteiger partial charge is 0.339 e. The van der Waals surface area contributed by atoms with Gasteiger partial charge in [-0.15, -0.1) is 0 Å². The minimum Gasteiger partial charge on any atom is -0.339 e. The predicted molar refractivity (Wildman–Crippen MR) is 106 cm³/mol. The Morgan fingerprint density at radius 3 is 2.59 bits per heavy atom. The minimum atomic E-state index is -4.18. The van der Waals surface area contributed by atoms with E-state index in [2.05, 4.69) is 24.5 Å². The quantitative estimate of drug-likeness (QED) is 0.732. The van der Waals surface area contributed by atoms with Crippen molar-refractivity contribution >= 4 is 5.91 Å². The molecule has 1 amide bonds. The summed E-state index contributed by atoms with van der Waals surface area (Å²) in [6.07, 6.45) is 2.44. The summed E-state index contributed by atoms with van der Waals surface area (Å²) in [5.74, 6) is -1.10. The highest BCUT2D eigenvalue weighted by molar-refractivity contribution is 5.82. The summed E-state index contributed by atoms with van der Waals surface area (Å²) in [5.41, 5.74) is 0. The fourth-order valence-corrected chi connectivity index (χ4v) is 6.64. The van der Waals surface area contributed by atoms with E-state index in [0.29, 0.717) is 43.3 Å². The second-order valence-corrected chi connectivity index (χ2v) is 10.1. The molecular weight excluding hydrogens is 379 g/mol. The highest BCUT2D eigenvalue weighted by Crippen LogP contribution is 2.49. The van der Waals surface area contributed by atoms with E-state index < -0.39 is 23.9 Å². The predicted octanol–water partition coefficient (Wildman–Crippen LogP) is 3.92. The Hall–Kier alpha value is -0.820. The number of nitrogens with one attached hydrogen (secondary N) is 2. The third kappa shape index (κ3) is 4.32. The van der Waals surface area contributed by atoms with E-state index in [1.807, 2.05) is 4.90 Å². The molecule has 2 aliphatic heterocycles. The number of halogens is 3. The van der Waals surface area contributed by atoms with Crippen molar-refractivity contribution in [2.24, 2.45) is 29.6 Å². The van der Waals surface area contributed by atoms with Gasteiger partial charge in [0.15, 0.2) is 0 Å². The molecule has 0 aromatic rings. The lowest BCUT2D eigenvalue weighted by Crippen LogP contribution is -2.42. The molecule has 2 aliphatic carbocycles. The fourth-order valence-electron chi connectivity index (χ4n) is 6.64. The maximum Gasteiger partial charge on any atom is 0.392 e. The van der Waals surface area contributed by atoms with Crippen LogP contribution in [0, 0.1) is 29.6 Å². The van der Waals surface area contributed by atoms with E-state index >= 15 is 0 Å². The number of alkyl halides is 3. The first kappa shape index (κ1) is 21.4. The van der Waals surface area contributed by atoms with Crippen molar-refractivity contribution in [1.29, 1.82) is 0 Å². The maximum absolute atomic E-state index is 13.5. The normalized spacial score (nSPS) is 42.2. The van der Waals surface area contributed by atoms with E-state index in [1.54, 1.807) is 0 Å². The highest BCUT2D eigenvalue weighted by Gasteiger charge is 2.55. The monoisotopic (exact) mass is 415 g/mol. The van der Waals surface area contributed by atoms with Crippen LogP contribution in [0.25, 0.3) is 0 Å². The van der Waals surface area contributed by atoms with Crippen LogP contribution in [0.1, 0.15) is 65.2 Å². The Labute approximate surface area is 172 Å². The summed E-state index contributed by atoms with van der Waals surface area (Å²) < 4.78 is 40.6. The molecule has 0 aromatic carbocycles. The summed E-state index contributed by atoms with van der Waals surface area (Å²) in [5, 5.41) is 6.95. The lowest BCUT2D eigenvalue weighted by Gasteiger charge is -2.39. The number of nitrogens with zero attached hydrogens (tertiary/aromatic N) is 1. The van der Waals surface area contributed by atoms with Crippen molar-refractivity contribution in [3.8, 4) is 0 Å². The summed E-state index contributed by atoms with van der Waals surface area (Å²) in [6.45, 7) is 5.70. The van der Waals surface area contributed by atoms with Gasteiger partial charge in [-0.2, -0.15) is 13.2 Å². The van der Waals surface area contributed by atoms with E-state index in [-0.39, 0.29) is 18.4 Å². The maximum atomic E-state index is 13.5. The first-order valence-corrected chi connectivity index (χ1v) is 11.6. The third-order valence-corrected chi connectivity index (χ3v) is 8.44. The minimum absolute atomic E-state index is 0.0116. The largest absolute Gasteiger partial charge is 0.392 e. The highest BCUT2D eigenvalue weighted by atomic mass is 19.4. The Morgan fingerprint density at radius 1 is 1.14 bits per heavy atom. The van der Waals surface area contributed by atoms with Gasteiger partial charge in [-0.25, -0.2) is 0 Å². The topological polar surface area (TPSA) is 44.4 Å². The number of amides is 1. The molecule has 8 atom stereocenters. The lowest BCUT2D eigenvalue weighted by molar-refractivity contribution is -0.198. The van der Waals surface area contributed by atoms with E-state index in [9.17, 15) is 18.0 Å². The molecule has 4 nitrogen and oxygen atoms in total. The number of hydrogen-bond donors (Lipinski definition) is 2. The molecule has 2 N–H and O–H groups in total. The lowest BCUT2D eigenvalue weighted by atomic mass is 9.73. The zero-order chi connectivity index (χ0) is 20.8. The zero-order valence-corrected chi connectivity index (χ0v) is 17.7. The molecule has 29 heavy (non-hydrogen) atoms. The van der Waals surface area contributed by atoms with Crippen molar-refractivity contribution in [1.82, 2.24) is 15.5 Å². The van der Waals surface area contributed by atoms with Gasteiger partial charge in [0.25, 0.3) is 0 Å². The molecule has 4 fully saturated rings. The molecule has 8 unspecified atom stereocenters. The van der Waals surface area contributed by atoms with Gasteiger partial charge in [-0.1, -0.05) is 26.2 Å². The summed E-state index contributed by atoms with van der Waals surface area (Å²) in [7, 11) is 0. The van der Waals surface area contributed by atoms with Crippen LogP contribution < -0.4 is 10.6 Å². The second kappa shape index (κ2) is 8.37. The van der Waals surface area contributed by atoms with Gasteiger partial charge in [0.1, 0.15) is 0 Å². The first-order valence-electron chi connectivity index (χ1n) is 11.6. The molecule has 2 saturated heterocycles. The van der Waals surface area contributed by atoms with Crippen molar-refractivity contribution in [3.05, 3.63) is 0 Å². The molecule has 166 valence electrons. The van der Waals surface area contributed by atoms with Gasteiger partial charge in [0, 0.05) is 37.3 Å². The fraction of sp³-hybridized carbons (Fsp3) is 0.955. The molecule has 4 aliphatic rings. The number of likely N-dealkylation sites (tertiary alicyclic amines) is 1. The summed E-state index contributed by atoms with van der Waals surface area (Å²) >= 11 is 0. The summed E-state index contributed by atoms with van der Waals surface area (Å²) in [4.78, 5) is 14.9. The van der Waals surface area contributed by atoms with Crippen LogP contribution in [0.5, 0.6) is 0 Å². The molecule has 4 rings (SSSR count). The van der Waals surface area contributed by atoms with Crippen LogP contribution in [-0.2, 0) is 4.79 Å². The standard InChI is InChI=1S/C22H36F3N3O/c1-13(9-20-14(2)26-12-27-20)15-5-3-6-16(10-15)28-11-18-17(21(28)29)7-4-8-19(18)22(23,24)25/h13-20,26-27H,3-12H2,1-2H3. The van der Waals surface area contributed by atoms with E-state index in [0.717, 1.165) is 32.4 Å². The molecular formula is C22H36F3N3O.